The molecule has 3 aromatic carbocycles. The summed E-state index contributed by atoms with van der Waals surface area (Å²) in [4.78, 5) is 37.3. The fraction of sp³-hybridized carbons (Fsp3) is 0.120. The Hall–Kier alpha value is -4.02. The molecule has 9 nitrogen and oxygen atoms in total. The van der Waals surface area contributed by atoms with Crippen LogP contribution in [0.1, 0.15) is 16.7 Å². The first kappa shape index (κ1) is 23.7. The van der Waals surface area contributed by atoms with Crippen LogP contribution in [0.5, 0.6) is 17.2 Å². The summed E-state index contributed by atoms with van der Waals surface area (Å²) in [7, 11) is 0. The third-order valence-corrected chi connectivity index (χ3v) is 6.71. The Morgan fingerprint density at radius 2 is 1.83 bits per heavy atom. The van der Waals surface area contributed by atoms with Gasteiger partial charge < -0.3 is 14.2 Å². The minimum atomic E-state index is -0.459. The van der Waals surface area contributed by atoms with E-state index in [1.165, 1.54) is 12.1 Å². The predicted octanol–water partition coefficient (Wildman–Crippen LogP) is 5.79. The van der Waals surface area contributed by atoms with Crippen LogP contribution in [0.3, 0.4) is 0 Å². The molecule has 2 amide bonds. The first-order valence-corrected chi connectivity index (χ1v) is 11.9. The van der Waals surface area contributed by atoms with Crippen LogP contribution in [0.4, 0.5) is 10.5 Å². The SMILES string of the molecule is O=C1S/C(=C\c2cccc(OCc3ccc([N+](=O)[O-])cc3)c2)C(=O)N1Cc1cc2c(cc1Cl)OCO2. The van der Waals surface area contributed by atoms with Crippen molar-refractivity contribution in [3.8, 4) is 17.2 Å². The van der Waals surface area contributed by atoms with Crippen molar-refractivity contribution in [1.82, 2.24) is 4.90 Å². The number of non-ortho nitro benzene ring substituents is 1. The van der Waals surface area contributed by atoms with Gasteiger partial charge in [-0.15, -0.1) is 0 Å². The average Bonchev–Trinajstić information content (AvgIpc) is 3.42. The van der Waals surface area contributed by atoms with Gasteiger partial charge in [0.1, 0.15) is 12.4 Å². The second-order valence-corrected chi connectivity index (χ2v) is 9.25. The number of rotatable bonds is 7. The number of carbonyl (C=O) groups is 2. The smallest absolute Gasteiger partial charge is 0.293 e. The number of nitro benzene ring substituents is 1. The van der Waals surface area contributed by atoms with Gasteiger partial charge >= 0.3 is 0 Å². The number of hydrogen-bond acceptors (Lipinski definition) is 8. The zero-order valence-electron chi connectivity index (χ0n) is 18.5. The molecular weight excluding hydrogens is 508 g/mol. The summed E-state index contributed by atoms with van der Waals surface area (Å²) in [6, 6.07) is 16.4. The van der Waals surface area contributed by atoms with E-state index in [0.29, 0.717) is 33.4 Å². The molecule has 0 atom stereocenters. The van der Waals surface area contributed by atoms with Crippen LogP contribution < -0.4 is 14.2 Å². The topological polar surface area (TPSA) is 108 Å². The van der Waals surface area contributed by atoms with Gasteiger partial charge in [-0.1, -0.05) is 23.7 Å². The molecule has 0 bridgehead atoms. The van der Waals surface area contributed by atoms with Gasteiger partial charge in [0, 0.05) is 23.2 Å². The number of halogens is 1. The van der Waals surface area contributed by atoms with Gasteiger partial charge in [0.25, 0.3) is 16.8 Å². The summed E-state index contributed by atoms with van der Waals surface area (Å²) in [5, 5.41) is 10.8. The summed E-state index contributed by atoms with van der Waals surface area (Å²) in [6.45, 7) is 0.320. The quantitative estimate of drug-likeness (QED) is 0.217. The molecule has 0 unspecified atom stereocenters. The van der Waals surface area contributed by atoms with Gasteiger partial charge in [0.15, 0.2) is 11.5 Å². The van der Waals surface area contributed by atoms with Crippen LogP contribution >= 0.6 is 23.4 Å². The molecular formula is C25H17ClN2O7S. The van der Waals surface area contributed by atoms with Crippen LogP contribution in [0, 0.1) is 10.1 Å². The zero-order chi connectivity index (χ0) is 25.2. The van der Waals surface area contributed by atoms with Crippen LogP contribution in [0.25, 0.3) is 6.08 Å². The zero-order valence-corrected chi connectivity index (χ0v) is 20.1. The Morgan fingerprint density at radius 1 is 1.08 bits per heavy atom. The molecule has 2 aliphatic rings. The number of nitro groups is 1. The molecule has 5 rings (SSSR count). The van der Waals surface area contributed by atoms with Crippen molar-refractivity contribution in [3.05, 3.63) is 97.4 Å². The van der Waals surface area contributed by atoms with E-state index in [4.69, 9.17) is 25.8 Å². The lowest BCUT2D eigenvalue weighted by Gasteiger charge is -2.14. The molecule has 0 saturated carbocycles. The standard InChI is InChI=1S/C25H17ClN2O7S/c26-20-11-22-21(34-14-35-22)10-17(20)12-27-24(29)23(36-25(27)30)9-16-2-1-3-19(8-16)33-13-15-4-6-18(7-5-15)28(31)32/h1-11H,12-14H2/b23-9-. The normalized spacial score (nSPS) is 15.6. The summed E-state index contributed by atoms with van der Waals surface area (Å²) in [5.41, 5.74) is 2.04. The summed E-state index contributed by atoms with van der Waals surface area (Å²) in [5.74, 6) is 1.17. The molecule has 1 saturated heterocycles. The van der Waals surface area contributed by atoms with E-state index in [0.717, 1.165) is 22.2 Å². The maximum atomic E-state index is 13.0. The van der Waals surface area contributed by atoms with E-state index in [-0.39, 0.29) is 30.5 Å². The highest BCUT2D eigenvalue weighted by atomic mass is 35.5. The Balaban J connectivity index is 1.27. The lowest BCUT2D eigenvalue weighted by atomic mass is 10.1. The molecule has 182 valence electrons. The lowest BCUT2D eigenvalue weighted by Crippen LogP contribution is -2.27. The molecule has 0 spiro atoms. The van der Waals surface area contributed by atoms with Crippen molar-refractivity contribution in [1.29, 1.82) is 0 Å². The highest BCUT2D eigenvalue weighted by Gasteiger charge is 2.35. The molecule has 2 heterocycles. The Kier molecular flexibility index (Phi) is 6.53. The monoisotopic (exact) mass is 524 g/mol. The summed E-state index contributed by atoms with van der Waals surface area (Å²) in [6.07, 6.45) is 1.63. The number of amides is 2. The Bertz CT molecular complexity index is 1410. The van der Waals surface area contributed by atoms with Gasteiger partial charge in [-0.3, -0.25) is 24.6 Å². The van der Waals surface area contributed by atoms with E-state index in [1.54, 1.807) is 54.6 Å². The Labute approximate surface area is 214 Å². The molecule has 1 fully saturated rings. The number of imide groups is 1. The number of nitrogens with zero attached hydrogens (tertiary/aromatic N) is 2. The molecule has 2 aliphatic heterocycles. The minimum Gasteiger partial charge on any atom is -0.489 e. The maximum absolute atomic E-state index is 13.0. The Morgan fingerprint density at radius 3 is 2.58 bits per heavy atom. The second-order valence-electron chi connectivity index (χ2n) is 7.85. The molecule has 0 radical (unpaired) electrons. The fourth-order valence-corrected chi connectivity index (χ4v) is 4.66. The lowest BCUT2D eigenvalue weighted by molar-refractivity contribution is -0.384. The molecule has 11 heteroatoms. The van der Waals surface area contributed by atoms with Crippen LogP contribution in [-0.2, 0) is 17.9 Å². The van der Waals surface area contributed by atoms with Crippen molar-refractivity contribution in [3.63, 3.8) is 0 Å². The molecule has 3 aromatic rings. The minimum absolute atomic E-state index is 0.00971. The van der Waals surface area contributed by atoms with Crippen molar-refractivity contribution in [2.75, 3.05) is 6.79 Å². The van der Waals surface area contributed by atoms with Gasteiger partial charge in [-0.05, 0) is 64.9 Å². The highest BCUT2D eigenvalue weighted by molar-refractivity contribution is 8.18. The first-order chi connectivity index (χ1) is 17.4. The third-order valence-electron chi connectivity index (χ3n) is 5.45. The van der Waals surface area contributed by atoms with E-state index < -0.39 is 16.1 Å². The van der Waals surface area contributed by atoms with Crippen molar-refractivity contribution in [2.45, 2.75) is 13.2 Å². The van der Waals surface area contributed by atoms with Gasteiger partial charge in [-0.25, -0.2) is 0 Å². The largest absolute Gasteiger partial charge is 0.489 e. The maximum Gasteiger partial charge on any atom is 0.293 e. The van der Waals surface area contributed by atoms with Crippen molar-refractivity contribution < 1.29 is 28.7 Å². The third kappa shape index (κ3) is 5.00. The van der Waals surface area contributed by atoms with Crippen molar-refractivity contribution in [2.24, 2.45) is 0 Å². The number of thioether (sulfide) groups is 1. The van der Waals surface area contributed by atoms with E-state index in [1.807, 2.05) is 0 Å². The van der Waals surface area contributed by atoms with Crippen LogP contribution in [0.2, 0.25) is 5.02 Å². The molecule has 0 N–H and O–H groups in total. The van der Waals surface area contributed by atoms with Gasteiger partial charge in [0.05, 0.1) is 16.4 Å². The molecule has 0 aliphatic carbocycles. The molecule has 0 aromatic heterocycles. The molecule has 36 heavy (non-hydrogen) atoms. The van der Waals surface area contributed by atoms with Crippen LogP contribution in [0.15, 0.2) is 65.6 Å². The highest BCUT2D eigenvalue weighted by Crippen LogP contribution is 2.39. The predicted molar refractivity (Wildman–Crippen MR) is 133 cm³/mol. The van der Waals surface area contributed by atoms with Gasteiger partial charge in [-0.2, -0.15) is 0 Å². The van der Waals surface area contributed by atoms with Gasteiger partial charge in [0.2, 0.25) is 6.79 Å². The summed E-state index contributed by atoms with van der Waals surface area (Å²) < 4.78 is 16.4. The van der Waals surface area contributed by atoms with Crippen LogP contribution in [-0.4, -0.2) is 27.8 Å². The van der Waals surface area contributed by atoms with E-state index in [9.17, 15) is 19.7 Å². The summed E-state index contributed by atoms with van der Waals surface area (Å²) >= 11 is 7.16. The van der Waals surface area contributed by atoms with E-state index in [2.05, 4.69) is 0 Å². The average molecular weight is 525 g/mol. The fourth-order valence-electron chi connectivity index (χ4n) is 3.61. The first-order valence-electron chi connectivity index (χ1n) is 10.7. The number of fused-ring (bicyclic) bond motifs is 1. The number of carbonyl (C=O) groups excluding carboxylic acids is 2. The number of ether oxygens (including phenoxy) is 3. The second kappa shape index (κ2) is 9.92. The number of benzene rings is 3. The van der Waals surface area contributed by atoms with Crippen molar-refractivity contribution >= 4 is 46.3 Å². The van der Waals surface area contributed by atoms with E-state index >= 15 is 0 Å². The number of hydrogen-bond donors (Lipinski definition) is 0.